The highest BCUT2D eigenvalue weighted by atomic mass is 16.5. The summed E-state index contributed by atoms with van der Waals surface area (Å²) in [7, 11) is 3.18. The molecule has 0 saturated heterocycles. The molecule has 0 heterocycles. The van der Waals surface area contributed by atoms with Gasteiger partial charge in [0.1, 0.15) is 0 Å². The lowest BCUT2D eigenvalue weighted by atomic mass is 9.85. The number of hydrazone groups is 1. The van der Waals surface area contributed by atoms with E-state index in [4.69, 9.17) is 9.47 Å². The zero-order chi connectivity index (χ0) is 22.7. The first-order valence-corrected chi connectivity index (χ1v) is 10.7. The maximum Gasteiger partial charge on any atom is 0.244 e. The van der Waals surface area contributed by atoms with Crippen LogP contribution in [0.25, 0.3) is 0 Å². The van der Waals surface area contributed by atoms with Gasteiger partial charge in [-0.15, -0.1) is 0 Å². The minimum absolute atomic E-state index is 0.0807. The molecule has 1 aliphatic rings. The van der Waals surface area contributed by atoms with E-state index in [1.807, 2.05) is 18.2 Å². The first-order valence-electron chi connectivity index (χ1n) is 10.7. The molecule has 1 saturated carbocycles. The Morgan fingerprint density at radius 1 is 0.906 bits per heavy atom. The van der Waals surface area contributed by atoms with E-state index in [1.54, 1.807) is 20.4 Å². The highest BCUT2D eigenvalue weighted by molar-refractivity contribution is 5.88. The number of carbonyl (C=O) groups is 1. The fourth-order valence-electron chi connectivity index (χ4n) is 4.27. The van der Waals surface area contributed by atoms with Crippen LogP contribution < -0.4 is 14.9 Å². The van der Waals surface area contributed by atoms with Crippen LogP contribution in [0.3, 0.4) is 0 Å². The molecule has 0 aromatic heterocycles. The minimum Gasteiger partial charge on any atom is -0.493 e. The molecule has 1 fully saturated rings. The number of ether oxygens (including phenoxy) is 2. The Kier molecular flexibility index (Phi) is 5.99. The van der Waals surface area contributed by atoms with E-state index < -0.39 is 0 Å². The fourth-order valence-corrected chi connectivity index (χ4v) is 4.27. The number of rotatable bonds is 7. The van der Waals surface area contributed by atoms with Crippen LogP contribution in [0.5, 0.6) is 11.5 Å². The van der Waals surface area contributed by atoms with Gasteiger partial charge in [-0.2, -0.15) is 5.10 Å². The van der Waals surface area contributed by atoms with Crippen LogP contribution in [-0.2, 0) is 10.2 Å². The van der Waals surface area contributed by atoms with Gasteiger partial charge >= 0.3 is 0 Å². The quantitative estimate of drug-likeness (QED) is 0.435. The molecule has 32 heavy (non-hydrogen) atoms. The standard InChI is InChI=1S/C27H28N2O3/c1-18-5-10-21(11-6-18)27(22-12-7-19(2)8-13-22)16-23(27)26(30)29-28-17-20-9-14-24(31-3)25(15-20)32-4/h5-15,17,23H,16H2,1-4H3,(H,29,30). The summed E-state index contributed by atoms with van der Waals surface area (Å²) < 4.78 is 10.6. The van der Waals surface area contributed by atoms with Gasteiger partial charge in [0.25, 0.3) is 0 Å². The molecule has 5 heteroatoms. The third-order valence-corrected chi connectivity index (χ3v) is 6.21. The lowest BCUT2D eigenvalue weighted by molar-refractivity contribution is -0.122. The van der Waals surface area contributed by atoms with Crippen molar-refractivity contribution in [3.05, 3.63) is 94.5 Å². The number of aryl methyl sites for hydroxylation is 2. The van der Waals surface area contributed by atoms with E-state index in [1.165, 1.54) is 11.1 Å². The van der Waals surface area contributed by atoms with E-state index in [2.05, 4.69) is 72.9 Å². The number of methoxy groups -OCH3 is 2. The van der Waals surface area contributed by atoms with Gasteiger partial charge in [0.05, 0.1) is 26.4 Å². The zero-order valence-electron chi connectivity index (χ0n) is 18.9. The third-order valence-electron chi connectivity index (χ3n) is 6.21. The van der Waals surface area contributed by atoms with E-state index in [0.717, 1.165) is 23.1 Å². The lowest BCUT2D eigenvalue weighted by Crippen LogP contribution is -2.25. The van der Waals surface area contributed by atoms with Crippen LogP contribution in [0.1, 0.15) is 34.2 Å². The molecule has 1 amide bonds. The highest BCUT2D eigenvalue weighted by Gasteiger charge is 2.60. The summed E-state index contributed by atoms with van der Waals surface area (Å²) in [5.41, 5.74) is 7.96. The molecule has 0 bridgehead atoms. The Morgan fingerprint density at radius 3 is 2.00 bits per heavy atom. The largest absolute Gasteiger partial charge is 0.493 e. The van der Waals surface area contributed by atoms with Crippen LogP contribution >= 0.6 is 0 Å². The summed E-state index contributed by atoms with van der Waals surface area (Å²) in [5.74, 6) is 1.01. The van der Waals surface area contributed by atoms with E-state index in [-0.39, 0.29) is 17.2 Å². The van der Waals surface area contributed by atoms with Crippen LogP contribution in [0.2, 0.25) is 0 Å². The maximum absolute atomic E-state index is 13.0. The molecule has 0 aliphatic heterocycles. The Balaban J connectivity index is 1.53. The van der Waals surface area contributed by atoms with Crippen molar-refractivity contribution in [3.8, 4) is 11.5 Å². The van der Waals surface area contributed by atoms with Crippen molar-refractivity contribution in [1.29, 1.82) is 0 Å². The smallest absolute Gasteiger partial charge is 0.244 e. The van der Waals surface area contributed by atoms with Crippen molar-refractivity contribution in [3.63, 3.8) is 0 Å². The Labute approximate surface area is 189 Å². The van der Waals surface area contributed by atoms with Crippen molar-refractivity contribution in [1.82, 2.24) is 5.43 Å². The third kappa shape index (κ3) is 4.11. The van der Waals surface area contributed by atoms with Gasteiger partial charge in [-0.1, -0.05) is 59.7 Å². The van der Waals surface area contributed by atoms with Crippen molar-refractivity contribution >= 4 is 12.1 Å². The summed E-state index contributed by atoms with van der Waals surface area (Å²) in [5, 5.41) is 4.19. The number of nitrogens with one attached hydrogen (secondary N) is 1. The Morgan fingerprint density at radius 2 is 1.47 bits per heavy atom. The van der Waals surface area contributed by atoms with Crippen LogP contribution in [-0.4, -0.2) is 26.3 Å². The van der Waals surface area contributed by atoms with Gasteiger partial charge < -0.3 is 9.47 Å². The normalized spacial score (nSPS) is 16.6. The summed E-state index contributed by atoms with van der Waals surface area (Å²) >= 11 is 0. The van der Waals surface area contributed by atoms with Gasteiger partial charge in [-0.05, 0) is 55.2 Å². The summed E-state index contributed by atoms with van der Waals surface area (Å²) in [4.78, 5) is 13.0. The average molecular weight is 429 g/mol. The minimum atomic E-state index is -0.315. The van der Waals surface area contributed by atoms with Gasteiger partial charge in [-0.25, -0.2) is 5.43 Å². The second-order valence-electron chi connectivity index (χ2n) is 8.31. The molecule has 164 valence electrons. The molecule has 1 atom stereocenters. The molecule has 0 radical (unpaired) electrons. The van der Waals surface area contributed by atoms with Gasteiger partial charge in [0.2, 0.25) is 5.91 Å². The average Bonchev–Trinajstić information content (AvgIpc) is 3.56. The Bertz CT molecular complexity index is 1090. The first kappa shape index (κ1) is 21.6. The van der Waals surface area contributed by atoms with Crippen LogP contribution in [0.15, 0.2) is 71.8 Å². The molecule has 0 spiro atoms. The predicted molar refractivity (Wildman–Crippen MR) is 127 cm³/mol. The predicted octanol–water partition coefficient (Wildman–Crippen LogP) is 4.78. The van der Waals surface area contributed by atoms with Crippen molar-refractivity contribution < 1.29 is 14.3 Å². The number of nitrogens with zero attached hydrogens (tertiary/aromatic N) is 1. The van der Waals surface area contributed by atoms with Crippen molar-refractivity contribution in [2.24, 2.45) is 11.0 Å². The maximum atomic E-state index is 13.0. The number of carbonyl (C=O) groups excluding carboxylic acids is 1. The van der Waals surface area contributed by atoms with Gasteiger partial charge in [0.15, 0.2) is 11.5 Å². The topological polar surface area (TPSA) is 59.9 Å². The molecule has 3 aromatic rings. The van der Waals surface area contributed by atoms with Crippen LogP contribution in [0, 0.1) is 19.8 Å². The molecule has 4 rings (SSSR count). The van der Waals surface area contributed by atoms with Crippen LogP contribution in [0.4, 0.5) is 0 Å². The second-order valence-corrected chi connectivity index (χ2v) is 8.31. The second kappa shape index (κ2) is 8.87. The number of benzene rings is 3. The fraction of sp³-hybridized carbons (Fsp3) is 0.259. The SMILES string of the molecule is COc1ccc(C=NNC(=O)C2CC2(c2ccc(C)cc2)c2ccc(C)cc2)cc1OC. The number of hydrogen-bond donors (Lipinski definition) is 1. The Hall–Kier alpha value is -3.60. The summed E-state index contributed by atoms with van der Waals surface area (Å²) in [6.45, 7) is 4.14. The first-order chi connectivity index (χ1) is 15.5. The van der Waals surface area contributed by atoms with Gasteiger partial charge in [-0.3, -0.25) is 4.79 Å². The molecule has 1 aliphatic carbocycles. The zero-order valence-corrected chi connectivity index (χ0v) is 18.9. The molecule has 1 N–H and O–H groups in total. The highest BCUT2D eigenvalue weighted by Crippen LogP contribution is 2.59. The monoisotopic (exact) mass is 428 g/mol. The van der Waals surface area contributed by atoms with E-state index in [0.29, 0.717) is 11.5 Å². The molecule has 1 unspecified atom stereocenters. The number of hydrogen-bond acceptors (Lipinski definition) is 4. The molecular weight excluding hydrogens is 400 g/mol. The summed E-state index contributed by atoms with van der Waals surface area (Å²) in [6.07, 6.45) is 2.37. The molecular formula is C27H28N2O3. The van der Waals surface area contributed by atoms with E-state index in [9.17, 15) is 4.79 Å². The molecule has 5 nitrogen and oxygen atoms in total. The molecule has 3 aromatic carbocycles. The van der Waals surface area contributed by atoms with Gasteiger partial charge in [0, 0.05) is 5.41 Å². The number of amides is 1. The lowest BCUT2D eigenvalue weighted by Gasteiger charge is -2.19. The summed E-state index contributed by atoms with van der Waals surface area (Å²) in [6, 6.07) is 22.4. The van der Waals surface area contributed by atoms with Crippen molar-refractivity contribution in [2.45, 2.75) is 25.7 Å². The van der Waals surface area contributed by atoms with E-state index >= 15 is 0 Å². The van der Waals surface area contributed by atoms with Crippen molar-refractivity contribution in [2.75, 3.05) is 14.2 Å².